The van der Waals surface area contributed by atoms with Crippen LogP contribution in [0.25, 0.3) is 16.6 Å². The number of amides is 1. The van der Waals surface area contributed by atoms with E-state index < -0.39 is 0 Å². The molecular formula is C19H17N5O. The molecule has 3 heterocycles. The molecule has 0 aliphatic rings. The Bertz CT molecular complexity index is 1090. The molecule has 0 aliphatic carbocycles. The summed E-state index contributed by atoms with van der Waals surface area (Å²) in [5.41, 5.74) is 2.99. The van der Waals surface area contributed by atoms with Crippen LogP contribution in [0.3, 0.4) is 0 Å². The molecule has 3 aromatic heterocycles. The molecule has 0 saturated carbocycles. The van der Waals surface area contributed by atoms with Gasteiger partial charge in [0.05, 0.1) is 17.1 Å². The minimum absolute atomic E-state index is 0.151. The number of aromatic nitrogens is 4. The van der Waals surface area contributed by atoms with Gasteiger partial charge in [-0.15, -0.1) is 10.2 Å². The largest absolute Gasteiger partial charge is 0.342 e. The third-order valence-corrected chi connectivity index (χ3v) is 4.16. The Morgan fingerprint density at radius 1 is 1.12 bits per heavy atom. The predicted molar refractivity (Wildman–Crippen MR) is 95.3 cm³/mol. The van der Waals surface area contributed by atoms with Crippen LogP contribution in [0, 0.1) is 6.92 Å². The Labute approximate surface area is 144 Å². The maximum atomic E-state index is 12.9. The minimum atomic E-state index is -0.280. The van der Waals surface area contributed by atoms with E-state index in [9.17, 15) is 4.79 Å². The second kappa shape index (κ2) is 5.98. The summed E-state index contributed by atoms with van der Waals surface area (Å²) < 4.78 is 1.88. The molecule has 1 aromatic carbocycles. The van der Waals surface area contributed by atoms with Gasteiger partial charge in [-0.2, -0.15) is 0 Å². The first-order valence-corrected chi connectivity index (χ1v) is 8.10. The van der Waals surface area contributed by atoms with Gasteiger partial charge in [0.1, 0.15) is 0 Å². The first-order chi connectivity index (χ1) is 12.1. The maximum absolute atomic E-state index is 12.9. The number of aryl methyl sites for hydroxylation is 1. The lowest BCUT2D eigenvalue weighted by Crippen LogP contribution is -2.28. The van der Waals surface area contributed by atoms with Crippen LogP contribution in [-0.2, 0) is 0 Å². The van der Waals surface area contributed by atoms with Crippen molar-refractivity contribution < 1.29 is 4.79 Å². The zero-order valence-corrected chi connectivity index (χ0v) is 14.0. The van der Waals surface area contributed by atoms with Crippen LogP contribution in [0.4, 0.5) is 0 Å². The Balaban J connectivity index is 1.68. The van der Waals surface area contributed by atoms with Gasteiger partial charge in [0.25, 0.3) is 5.91 Å². The van der Waals surface area contributed by atoms with Crippen LogP contribution in [0.5, 0.6) is 0 Å². The van der Waals surface area contributed by atoms with Gasteiger partial charge in [-0.25, -0.2) is 0 Å². The predicted octanol–water partition coefficient (Wildman–Crippen LogP) is 3.08. The summed E-state index contributed by atoms with van der Waals surface area (Å²) in [6.45, 7) is 3.79. The molecule has 0 fully saturated rings. The lowest BCUT2D eigenvalue weighted by Gasteiger charge is -2.14. The third kappa shape index (κ3) is 2.71. The topological polar surface area (TPSA) is 72.2 Å². The lowest BCUT2D eigenvalue weighted by molar-refractivity contribution is 0.0939. The van der Waals surface area contributed by atoms with Crippen molar-refractivity contribution in [3.05, 3.63) is 71.8 Å². The van der Waals surface area contributed by atoms with E-state index in [1.807, 2.05) is 73.0 Å². The van der Waals surface area contributed by atoms with E-state index in [4.69, 9.17) is 0 Å². The number of nitrogens with one attached hydrogen (secondary N) is 1. The van der Waals surface area contributed by atoms with Gasteiger partial charge < -0.3 is 5.32 Å². The standard InChI is InChI=1S/C19H17N5O/c1-12-11-15(14-7-3-4-8-16(14)20-12)19(25)21-13(2)18-23-22-17-9-5-6-10-24(17)18/h3-11,13H,1-2H3,(H,21,25)/t13-/m0/s1. The van der Waals surface area contributed by atoms with Gasteiger partial charge in [-0.05, 0) is 38.1 Å². The van der Waals surface area contributed by atoms with E-state index >= 15 is 0 Å². The van der Waals surface area contributed by atoms with Crippen molar-refractivity contribution in [2.75, 3.05) is 0 Å². The number of benzene rings is 1. The van der Waals surface area contributed by atoms with E-state index in [1.54, 1.807) is 0 Å². The molecule has 1 atom stereocenters. The van der Waals surface area contributed by atoms with E-state index in [0.717, 1.165) is 22.2 Å². The number of hydrogen-bond donors (Lipinski definition) is 1. The molecular weight excluding hydrogens is 314 g/mol. The second-order valence-electron chi connectivity index (χ2n) is 6.01. The molecule has 4 aromatic rings. The summed E-state index contributed by atoms with van der Waals surface area (Å²) in [5.74, 6) is 0.543. The van der Waals surface area contributed by atoms with E-state index in [-0.39, 0.29) is 11.9 Å². The van der Waals surface area contributed by atoms with Gasteiger partial charge in [0.2, 0.25) is 0 Å². The van der Waals surface area contributed by atoms with Crippen LogP contribution in [0.2, 0.25) is 0 Å². The maximum Gasteiger partial charge on any atom is 0.252 e. The van der Waals surface area contributed by atoms with Crippen LogP contribution in [0.1, 0.15) is 34.8 Å². The van der Waals surface area contributed by atoms with E-state index in [2.05, 4.69) is 20.5 Å². The summed E-state index contributed by atoms with van der Waals surface area (Å²) in [7, 11) is 0. The first kappa shape index (κ1) is 15.3. The highest BCUT2D eigenvalue weighted by molar-refractivity contribution is 6.06. The Kier molecular flexibility index (Phi) is 3.65. The number of pyridine rings is 2. The molecule has 6 heteroatoms. The Morgan fingerprint density at radius 3 is 2.80 bits per heavy atom. The van der Waals surface area contributed by atoms with Crippen molar-refractivity contribution >= 4 is 22.5 Å². The fourth-order valence-corrected chi connectivity index (χ4v) is 2.99. The fourth-order valence-electron chi connectivity index (χ4n) is 2.99. The summed E-state index contributed by atoms with van der Waals surface area (Å²) >= 11 is 0. The number of carbonyl (C=O) groups is 1. The van der Waals surface area contributed by atoms with E-state index in [1.165, 1.54) is 0 Å². The number of carbonyl (C=O) groups excluding carboxylic acids is 1. The van der Waals surface area contributed by atoms with Crippen molar-refractivity contribution in [3.63, 3.8) is 0 Å². The Morgan fingerprint density at radius 2 is 1.92 bits per heavy atom. The van der Waals surface area contributed by atoms with Crippen molar-refractivity contribution in [3.8, 4) is 0 Å². The van der Waals surface area contributed by atoms with E-state index in [0.29, 0.717) is 11.4 Å². The van der Waals surface area contributed by atoms with Crippen LogP contribution >= 0.6 is 0 Å². The smallest absolute Gasteiger partial charge is 0.252 e. The van der Waals surface area contributed by atoms with Gasteiger partial charge in [0.15, 0.2) is 11.5 Å². The number of fused-ring (bicyclic) bond motifs is 2. The molecule has 1 N–H and O–H groups in total. The zero-order chi connectivity index (χ0) is 17.4. The quantitative estimate of drug-likeness (QED) is 0.626. The van der Waals surface area contributed by atoms with Crippen molar-refractivity contribution in [1.29, 1.82) is 0 Å². The SMILES string of the molecule is Cc1cc(C(=O)N[C@@H](C)c2nnc3ccccn23)c2ccccc2n1. The van der Waals surface area contributed by atoms with Crippen LogP contribution in [-0.4, -0.2) is 25.5 Å². The second-order valence-corrected chi connectivity index (χ2v) is 6.01. The Hall–Kier alpha value is -3.28. The summed E-state index contributed by atoms with van der Waals surface area (Å²) in [6, 6.07) is 14.9. The zero-order valence-electron chi connectivity index (χ0n) is 14.0. The fraction of sp³-hybridized carbons (Fsp3) is 0.158. The van der Waals surface area contributed by atoms with Crippen molar-refractivity contribution in [1.82, 2.24) is 24.9 Å². The van der Waals surface area contributed by atoms with Crippen LogP contribution in [0.15, 0.2) is 54.7 Å². The normalized spacial score (nSPS) is 12.4. The molecule has 4 rings (SSSR count). The molecule has 6 nitrogen and oxygen atoms in total. The third-order valence-electron chi connectivity index (χ3n) is 4.16. The molecule has 25 heavy (non-hydrogen) atoms. The highest BCUT2D eigenvalue weighted by atomic mass is 16.1. The molecule has 0 aliphatic heterocycles. The molecule has 0 saturated heterocycles. The monoisotopic (exact) mass is 331 g/mol. The van der Waals surface area contributed by atoms with Crippen molar-refractivity contribution in [2.24, 2.45) is 0 Å². The van der Waals surface area contributed by atoms with Gasteiger partial charge >= 0.3 is 0 Å². The first-order valence-electron chi connectivity index (χ1n) is 8.10. The van der Waals surface area contributed by atoms with Gasteiger partial charge in [-0.1, -0.05) is 24.3 Å². The molecule has 0 bridgehead atoms. The summed E-state index contributed by atoms with van der Waals surface area (Å²) in [5, 5.41) is 12.2. The van der Waals surface area contributed by atoms with Gasteiger partial charge in [0, 0.05) is 17.3 Å². The summed E-state index contributed by atoms with van der Waals surface area (Å²) in [6.07, 6.45) is 1.89. The molecule has 0 unspecified atom stereocenters. The number of para-hydroxylation sites is 1. The number of nitrogens with zero attached hydrogens (tertiary/aromatic N) is 4. The minimum Gasteiger partial charge on any atom is -0.342 e. The van der Waals surface area contributed by atoms with Crippen molar-refractivity contribution in [2.45, 2.75) is 19.9 Å². The molecule has 0 radical (unpaired) electrons. The lowest BCUT2D eigenvalue weighted by atomic mass is 10.1. The molecule has 1 amide bonds. The van der Waals surface area contributed by atoms with Gasteiger partial charge in [-0.3, -0.25) is 14.2 Å². The highest BCUT2D eigenvalue weighted by Crippen LogP contribution is 2.19. The summed E-state index contributed by atoms with van der Waals surface area (Å²) in [4.78, 5) is 17.3. The molecule has 0 spiro atoms. The van der Waals surface area contributed by atoms with Crippen LogP contribution < -0.4 is 5.32 Å². The number of hydrogen-bond acceptors (Lipinski definition) is 4. The number of rotatable bonds is 3. The highest BCUT2D eigenvalue weighted by Gasteiger charge is 2.18. The average molecular weight is 331 g/mol. The molecule has 124 valence electrons. The average Bonchev–Trinajstić information content (AvgIpc) is 3.05.